The second kappa shape index (κ2) is 6.35. The zero-order valence-electron chi connectivity index (χ0n) is 12.8. The first kappa shape index (κ1) is 14.8. The molecule has 0 saturated heterocycles. The molecule has 0 radical (unpaired) electrons. The smallest absolute Gasteiger partial charge is 0.291 e. The van der Waals surface area contributed by atoms with Crippen molar-refractivity contribution >= 4 is 17.7 Å². The molecule has 23 heavy (non-hydrogen) atoms. The summed E-state index contributed by atoms with van der Waals surface area (Å²) in [5, 5.41) is 10.6. The van der Waals surface area contributed by atoms with Gasteiger partial charge in [0.25, 0.3) is 5.91 Å². The number of carbonyl (C=O) groups excluding carboxylic acids is 1. The third-order valence-electron chi connectivity index (χ3n) is 3.19. The number of H-pyrrole nitrogens is 1. The van der Waals surface area contributed by atoms with Gasteiger partial charge in [0.15, 0.2) is 17.2 Å². The summed E-state index contributed by atoms with van der Waals surface area (Å²) < 4.78 is 10.6. The first-order valence-corrected chi connectivity index (χ1v) is 7.06. The van der Waals surface area contributed by atoms with Crippen LogP contribution in [0.3, 0.4) is 0 Å². The minimum atomic E-state index is -0.356. The number of amides is 1. The van der Waals surface area contributed by atoms with Gasteiger partial charge in [0.05, 0.1) is 5.71 Å². The average Bonchev–Trinajstić information content (AvgIpc) is 3.18. The summed E-state index contributed by atoms with van der Waals surface area (Å²) in [6.07, 6.45) is 3.68. The number of benzene rings is 1. The number of hydrogen-bond donors (Lipinski definition) is 2. The molecule has 0 atom stereocenters. The molecule has 0 spiro atoms. The molecule has 1 aliphatic heterocycles. The zero-order chi connectivity index (χ0) is 16.2. The molecule has 118 valence electrons. The predicted octanol–water partition coefficient (Wildman–Crippen LogP) is 2.27. The average molecular weight is 312 g/mol. The topological polar surface area (TPSA) is 88.6 Å². The van der Waals surface area contributed by atoms with Gasteiger partial charge in [-0.2, -0.15) is 10.2 Å². The van der Waals surface area contributed by atoms with Crippen LogP contribution in [-0.2, 0) is 0 Å². The lowest BCUT2D eigenvalue weighted by Crippen LogP contribution is -2.19. The zero-order valence-corrected chi connectivity index (χ0v) is 12.8. The Morgan fingerprint density at radius 2 is 2.17 bits per heavy atom. The van der Waals surface area contributed by atoms with Crippen molar-refractivity contribution in [1.29, 1.82) is 0 Å². The number of nitrogens with one attached hydrogen (secondary N) is 2. The number of ether oxygens (including phenoxy) is 2. The summed E-state index contributed by atoms with van der Waals surface area (Å²) in [5.41, 5.74) is 5.20. The molecule has 0 bridgehead atoms. The number of fused-ring (bicyclic) bond motifs is 1. The summed E-state index contributed by atoms with van der Waals surface area (Å²) in [6.45, 7) is 3.87. The van der Waals surface area contributed by atoms with Gasteiger partial charge < -0.3 is 9.47 Å². The van der Waals surface area contributed by atoms with Crippen molar-refractivity contribution in [3.8, 4) is 11.5 Å². The second-order valence-electron chi connectivity index (χ2n) is 5.08. The standard InChI is InChI=1S/C16H16N4O3/c1-10(17-20-16(21)13-7-11(2)18-19-13)3-4-12-5-6-14-15(8-12)23-9-22-14/h3-8H,9H2,1-2H3,(H,18,19)(H,20,21)/b4-3+,17-10-. The number of nitrogens with zero attached hydrogens (tertiary/aromatic N) is 2. The molecule has 1 aliphatic rings. The van der Waals surface area contributed by atoms with Crippen molar-refractivity contribution in [2.75, 3.05) is 6.79 Å². The normalized spacial score (nSPS) is 13.6. The fourth-order valence-electron chi connectivity index (χ4n) is 2.00. The van der Waals surface area contributed by atoms with Gasteiger partial charge in [-0.25, -0.2) is 5.43 Å². The molecule has 0 saturated carbocycles. The Kier molecular flexibility index (Phi) is 4.09. The van der Waals surface area contributed by atoms with Gasteiger partial charge in [-0.1, -0.05) is 12.1 Å². The van der Waals surface area contributed by atoms with Crippen molar-refractivity contribution in [3.63, 3.8) is 0 Å². The largest absolute Gasteiger partial charge is 0.454 e. The first-order chi connectivity index (χ1) is 11.1. The highest BCUT2D eigenvalue weighted by atomic mass is 16.7. The maximum absolute atomic E-state index is 11.8. The van der Waals surface area contributed by atoms with E-state index in [-0.39, 0.29) is 12.7 Å². The molecule has 0 fully saturated rings. The first-order valence-electron chi connectivity index (χ1n) is 7.06. The van der Waals surface area contributed by atoms with E-state index in [0.29, 0.717) is 11.4 Å². The highest BCUT2D eigenvalue weighted by molar-refractivity contribution is 5.98. The van der Waals surface area contributed by atoms with Crippen LogP contribution in [0.25, 0.3) is 6.08 Å². The lowest BCUT2D eigenvalue weighted by atomic mass is 10.2. The number of aryl methyl sites for hydroxylation is 1. The molecular weight excluding hydrogens is 296 g/mol. The van der Waals surface area contributed by atoms with E-state index in [9.17, 15) is 4.79 Å². The minimum absolute atomic E-state index is 0.252. The second-order valence-corrected chi connectivity index (χ2v) is 5.08. The van der Waals surface area contributed by atoms with Gasteiger partial charge >= 0.3 is 0 Å². The van der Waals surface area contributed by atoms with Crippen molar-refractivity contribution in [3.05, 3.63) is 47.3 Å². The van der Waals surface area contributed by atoms with E-state index in [2.05, 4.69) is 20.7 Å². The van der Waals surface area contributed by atoms with Crippen LogP contribution < -0.4 is 14.9 Å². The Bertz CT molecular complexity index is 792. The number of rotatable bonds is 4. The lowest BCUT2D eigenvalue weighted by molar-refractivity contribution is 0.0950. The molecule has 1 aromatic heterocycles. The van der Waals surface area contributed by atoms with Crippen molar-refractivity contribution in [2.45, 2.75) is 13.8 Å². The van der Waals surface area contributed by atoms with E-state index in [4.69, 9.17) is 9.47 Å². The summed E-state index contributed by atoms with van der Waals surface area (Å²) in [4.78, 5) is 11.8. The van der Waals surface area contributed by atoms with E-state index < -0.39 is 0 Å². The molecule has 7 nitrogen and oxygen atoms in total. The van der Waals surface area contributed by atoms with E-state index in [0.717, 1.165) is 22.8 Å². The van der Waals surface area contributed by atoms with Gasteiger partial charge in [-0.15, -0.1) is 0 Å². The number of allylic oxidation sites excluding steroid dienone is 1. The number of hydrazone groups is 1. The Balaban J connectivity index is 1.61. The Hall–Kier alpha value is -3.09. The monoisotopic (exact) mass is 312 g/mol. The van der Waals surface area contributed by atoms with Crippen LogP contribution in [0.15, 0.2) is 35.4 Å². The molecule has 3 rings (SSSR count). The van der Waals surface area contributed by atoms with Crippen LogP contribution in [0.1, 0.15) is 28.7 Å². The van der Waals surface area contributed by atoms with Crippen molar-refractivity contribution in [2.24, 2.45) is 5.10 Å². The minimum Gasteiger partial charge on any atom is -0.454 e. The molecule has 0 aliphatic carbocycles. The molecule has 7 heteroatoms. The van der Waals surface area contributed by atoms with Crippen LogP contribution in [-0.4, -0.2) is 28.6 Å². The lowest BCUT2D eigenvalue weighted by Gasteiger charge is -1.98. The van der Waals surface area contributed by atoms with Crippen molar-refractivity contribution in [1.82, 2.24) is 15.6 Å². The van der Waals surface area contributed by atoms with Crippen LogP contribution in [0.2, 0.25) is 0 Å². The maximum atomic E-state index is 11.8. The summed E-state index contributed by atoms with van der Waals surface area (Å²) in [6, 6.07) is 7.32. The van der Waals surface area contributed by atoms with Gasteiger partial charge in [-0.3, -0.25) is 9.89 Å². The molecule has 2 heterocycles. The van der Waals surface area contributed by atoms with E-state index in [1.807, 2.05) is 31.2 Å². The van der Waals surface area contributed by atoms with Gasteiger partial charge in [0.2, 0.25) is 6.79 Å². The quantitative estimate of drug-likeness (QED) is 0.669. The van der Waals surface area contributed by atoms with Crippen molar-refractivity contribution < 1.29 is 14.3 Å². The fraction of sp³-hybridized carbons (Fsp3) is 0.188. The molecule has 0 unspecified atom stereocenters. The third kappa shape index (κ3) is 3.57. The van der Waals surface area contributed by atoms with Gasteiger partial charge in [0.1, 0.15) is 0 Å². The summed E-state index contributed by atoms with van der Waals surface area (Å²) in [7, 11) is 0. The fourth-order valence-corrected chi connectivity index (χ4v) is 2.00. The Morgan fingerprint density at radius 3 is 2.96 bits per heavy atom. The van der Waals surface area contributed by atoms with E-state index in [1.165, 1.54) is 0 Å². The number of hydrogen-bond acceptors (Lipinski definition) is 5. The number of aromatic amines is 1. The predicted molar refractivity (Wildman–Crippen MR) is 85.5 cm³/mol. The van der Waals surface area contributed by atoms with Crippen LogP contribution in [0.4, 0.5) is 0 Å². The van der Waals surface area contributed by atoms with E-state index >= 15 is 0 Å². The Morgan fingerprint density at radius 1 is 1.35 bits per heavy atom. The highest BCUT2D eigenvalue weighted by Gasteiger charge is 2.12. The maximum Gasteiger partial charge on any atom is 0.291 e. The van der Waals surface area contributed by atoms with Crippen LogP contribution >= 0.6 is 0 Å². The van der Waals surface area contributed by atoms with Crippen LogP contribution in [0, 0.1) is 6.92 Å². The SMILES string of the molecule is CC(/C=C/c1ccc2c(c1)OCO2)=N/NC(=O)c1cc(C)[nH]n1. The molecule has 1 aromatic carbocycles. The molecule has 2 aromatic rings. The van der Waals surface area contributed by atoms with Gasteiger partial charge in [-0.05, 0) is 43.7 Å². The molecular formula is C16H16N4O3. The number of carbonyl (C=O) groups is 1. The van der Waals surface area contributed by atoms with Gasteiger partial charge in [0, 0.05) is 5.69 Å². The summed E-state index contributed by atoms with van der Waals surface area (Å²) >= 11 is 0. The third-order valence-corrected chi connectivity index (χ3v) is 3.19. The van der Waals surface area contributed by atoms with E-state index in [1.54, 1.807) is 19.1 Å². The number of aromatic nitrogens is 2. The summed E-state index contributed by atoms with van der Waals surface area (Å²) in [5.74, 6) is 1.11. The molecule has 1 amide bonds. The van der Waals surface area contributed by atoms with Crippen LogP contribution in [0.5, 0.6) is 11.5 Å². The highest BCUT2D eigenvalue weighted by Crippen LogP contribution is 2.32. The molecule has 2 N–H and O–H groups in total. The Labute approximate surface area is 133 Å².